The molecular weight excluding hydrogens is 662 g/mol. The Morgan fingerprint density at radius 1 is 1.24 bits per heavy atom. The molecule has 3 aliphatic heterocycles. The summed E-state index contributed by atoms with van der Waals surface area (Å²) in [6.45, 7) is 7.90. The van der Waals surface area contributed by atoms with Crippen LogP contribution in [0, 0.1) is 5.92 Å². The van der Waals surface area contributed by atoms with Gasteiger partial charge in [-0.1, -0.05) is 42.3 Å². The van der Waals surface area contributed by atoms with Gasteiger partial charge in [0.05, 0.1) is 18.9 Å². The van der Waals surface area contributed by atoms with Crippen LogP contribution in [0.4, 0.5) is 10.5 Å². The van der Waals surface area contributed by atoms with E-state index in [0.29, 0.717) is 6.42 Å². The molecule has 1 aromatic carbocycles. The highest BCUT2D eigenvalue weighted by molar-refractivity contribution is 6.35. The molecule has 3 heterocycles. The number of hydrogen-bond donors (Lipinski definition) is 3. The largest absolute Gasteiger partial charge is 0.495 e. The fourth-order valence-corrected chi connectivity index (χ4v) is 6.69. The third-order valence-corrected chi connectivity index (χ3v) is 10.1. The zero-order valence-electron chi connectivity index (χ0n) is 29.2. The van der Waals surface area contributed by atoms with Crippen molar-refractivity contribution in [1.82, 2.24) is 10.2 Å². The Kier molecular flexibility index (Phi) is 11.4. The second-order valence-electron chi connectivity index (χ2n) is 13.1. The zero-order valence-corrected chi connectivity index (χ0v) is 29.9. The van der Waals surface area contributed by atoms with Crippen molar-refractivity contribution in [2.45, 2.75) is 95.3 Å². The number of esters is 1. The number of anilines is 1. The number of methoxy groups -OCH3 is 2. The highest BCUT2D eigenvalue weighted by atomic mass is 35.5. The van der Waals surface area contributed by atoms with Crippen LogP contribution in [-0.2, 0) is 39.8 Å². The molecule has 4 rings (SSSR count). The molecule has 2 unspecified atom stereocenters. The number of carbonyl (C=O) groups is 4. The highest BCUT2D eigenvalue weighted by Crippen LogP contribution is 2.49. The van der Waals surface area contributed by atoms with Crippen LogP contribution in [0.15, 0.2) is 35.9 Å². The van der Waals surface area contributed by atoms with Gasteiger partial charge in [0, 0.05) is 40.5 Å². The molecule has 4 bridgehead atoms. The van der Waals surface area contributed by atoms with Crippen molar-refractivity contribution in [1.29, 1.82) is 0 Å². The summed E-state index contributed by atoms with van der Waals surface area (Å²) < 4.78 is 28.6. The molecule has 2 saturated heterocycles. The first kappa shape index (κ1) is 38.1. The number of fused-ring (bicyclic) bond motifs is 5. The number of aliphatic hydroxyl groups excluding tert-OH is 1. The van der Waals surface area contributed by atoms with E-state index in [1.165, 1.54) is 42.2 Å². The topological polar surface area (TPSA) is 177 Å². The number of carbonyl (C=O) groups excluding carboxylic acids is 4. The fourth-order valence-electron chi connectivity index (χ4n) is 6.38. The predicted octanol–water partition coefficient (Wildman–Crippen LogP) is 2.51. The minimum Gasteiger partial charge on any atom is -0.495 e. The lowest BCUT2D eigenvalue weighted by molar-refractivity contribution is -0.169. The van der Waals surface area contributed by atoms with Crippen LogP contribution < -0.4 is 15.0 Å². The Morgan fingerprint density at radius 3 is 2.53 bits per heavy atom. The van der Waals surface area contributed by atoms with Gasteiger partial charge in [0.25, 0.3) is 5.91 Å². The lowest BCUT2D eigenvalue weighted by atomic mass is 9.83. The number of amides is 3. The van der Waals surface area contributed by atoms with Gasteiger partial charge in [-0.05, 0) is 44.9 Å². The molecular formula is C34H46ClN3O11. The van der Waals surface area contributed by atoms with Crippen molar-refractivity contribution in [3.63, 3.8) is 0 Å². The van der Waals surface area contributed by atoms with Crippen molar-refractivity contribution >= 4 is 41.2 Å². The molecule has 49 heavy (non-hydrogen) atoms. The Bertz CT molecular complexity index is 1530. The summed E-state index contributed by atoms with van der Waals surface area (Å²) in [7, 11) is 5.68. The molecule has 3 N–H and O–H groups in total. The average Bonchev–Trinajstić information content (AvgIpc) is 3.74. The molecule has 2 fully saturated rings. The maximum absolute atomic E-state index is 14.0. The van der Waals surface area contributed by atoms with Crippen molar-refractivity contribution in [2.24, 2.45) is 5.92 Å². The standard InChI is InChI=1S/C34H46ClN3O11/c1-17-11-10-12-25(46-9)34(44)16-24(47-32(43)36-34)18(2)28-33(5,49-28)29(48-31(42)19(3)37(6)20(4)39)27(40)30(41)38(7)22-14-21(13-17)15-23(45-8)26(22)35/h10-12,14-15,18-19,24-25,27-29,40,44H,13,16H2,1-9H3,(H,36,43)/b12-10+,17-11+/t18-,19+,24+,25?,27?,28+,29+,33-,34+/m1/s1. The van der Waals surface area contributed by atoms with Crippen LogP contribution in [0.1, 0.15) is 46.6 Å². The van der Waals surface area contributed by atoms with Crippen molar-refractivity contribution in [2.75, 3.05) is 33.2 Å². The molecule has 0 spiro atoms. The maximum Gasteiger partial charge on any atom is 0.409 e. The molecule has 3 aliphatic rings. The second kappa shape index (κ2) is 14.7. The summed E-state index contributed by atoms with van der Waals surface area (Å²) in [5.74, 6) is -2.51. The molecule has 0 aliphatic carbocycles. The molecule has 0 aromatic heterocycles. The summed E-state index contributed by atoms with van der Waals surface area (Å²) in [4.78, 5) is 54.5. The van der Waals surface area contributed by atoms with E-state index in [9.17, 15) is 29.4 Å². The normalized spacial score (nSPS) is 34.3. The number of benzene rings is 1. The van der Waals surface area contributed by atoms with Crippen LogP contribution in [-0.4, -0.2) is 115 Å². The predicted molar refractivity (Wildman–Crippen MR) is 178 cm³/mol. The number of rotatable bonds is 5. The lowest BCUT2D eigenvalue weighted by Gasteiger charge is -2.42. The van der Waals surface area contributed by atoms with Gasteiger partial charge in [-0.3, -0.25) is 14.9 Å². The van der Waals surface area contributed by atoms with E-state index in [4.69, 9.17) is 35.3 Å². The van der Waals surface area contributed by atoms with Gasteiger partial charge >= 0.3 is 12.1 Å². The summed E-state index contributed by atoms with van der Waals surface area (Å²) in [5.41, 5.74) is -1.50. The van der Waals surface area contributed by atoms with Gasteiger partial charge in [0.2, 0.25) is 5.91 Å². The molecule has 15 heteroatoms. The summed E-state index contributed by atoms with van der Waals surface area (Å²) in [6, 6.07) is 2.34. The molecule has 14 nitrogen and oxygen atoms in total. The highest BCUT2D eigenvalue weighted by Gasteiger charge is 2.66. The number of alkyl carbamates (subject to hydrolysis) is 1. The number of nitrogens with zero attached hydrogens (tertiary/aromatic N) is 2. The summed E-state index contributed by atoms with van der Waals surface area (Å²) in [6.07, 6.45) is -1.73. The molecule has 0 radical (unpaired) electrons. The van der Waals surface area contributed by atoms with Crippen LogP contribution in [0.25, 0.3) is 0 Å². The second-order valence-corrected chi connectivity index (χ2v) is 13.5. The summed E-state index contributed by atoms with van der Waals surface area (Å²) in [5, 5.41) is 25.9. The number of aliphatic hydroxyl groups is 2. The number of epoxide rings is 1. The third kappa shape index (κ3) is 7.73. The van der Waals surface area contributed by atoms with Gasteiger partial charge in [0.15, 0.2) is 17.9 Å². The maximum atomic E-state index is 14.0. The number of hydrogen-bond acceptors (Lipinski definition) is 11. The summed E-state index contributed by atoms with van der Waals surface area (Å²) >= 11 is 6.68. The monoisotopic (exact) mass is 707 g/mol. The average molecular weight is 708 g/mol. The van der Waals surface area contributed by atoms with Crippen molar-refractivity contribution < 1.29 is 53.1 Å². The molecule has 0 saturated carbocycles. The van der Waals surface area contributed by atoms with Gasteiger partial charge in [-0.15, -0.1) is 0 Å². The Balaban J connectivity index is 1.84. The van der Waals surface area contributed by atoms with E-state index in [1.807, 2.05) is 13.0 Å². The number of halogens is 1. The number of likely N-dealkylation sites (N-methyl/N-ethyl adjacent to an activating group) is 2. The molecule has 9 atom stereocenters. The Morgan fingerprint density at radius 2 is 1.92 bits per heavy atom. The Labute approximate surface area is 290 Å². The molecule has 3 amide bonds. The molecule has 1 aromatic rings. The smallest absolute Gasteiger partial charge is 0.409 e. The number of allylic oxidation sites excluding steroid dienone is 3. The van der Waals surface area contributed by atoms with E-state index < -0.39 is 77.7 Å². The van der Waals surface area contributed by atoms with Gasteiger partial charge in [-0.25, -0.2) is 9.59 Å². The first-order valence-corrected chi connectivity index (χ1v) is 16.3. The van der Waals surface area contributed by atoms with E-state index in [2.05, 4.69) is 5.32 Å². The quantitative estimate of drug-likeness (QED) is 0.303. The SMILES string of the molecule is COc1cc2cc(c1Cl)N(C)C(=O)C(O)[C@H](OC(=O)[C@H](C)N(C)C(C)=O)[C@]1(C)O[C@H]1[C@H](C)[C@@H]1C[C@@](O)(NC(=O)O1)C(OC)/C=C/C=C(\C)C2. The van der Waals surface area contributed by atoms with Crippen LogP contribution in [0.5, 0.6) is 5.75 Å². The van der Waals surface area contributed by atoms with Crippen LogP contribution in [0.3, 0.4) is 0 Å². The zero-order chi connectivity index (χ0) is 36.6. The van der Waals surface area contributed by atoms with Crippen molar-refractivity contribution in [3.8, 4) is 5.75 Å². The number of ether oxygens (including phenoxy) is 5. The first-order chi connectivity index (χ1) is 22.9. The minimum atomic E-state index is -1.98. The van der Waals surface area contributed by atoms with Gasteiger partial charge in [0.1, 0.15) is 34.6 Å². The van der Waals surface area contributed by atoms with Crippen molar-refractivity contribution in [3.05, 3.63) is 46.5 Å². The minimum absolute atomic E-state index is 0.110. The van der Waals surface area contributed by atoms with Crippen LogP contribution >= 0.6 is 11.6 Å². The Hall–Kier alpha value is -3.69. The van der Waals surface area contributed by atoms with Crippen LogP contribution in [0.2, 0.25) is 5.02 Å². The molecule has 270 valence electrons. The van der Waals surface area contributed by atoms with E-state index >= 15 is 0 Å². The third-order valence-electron chi connectivity index (χ3n) is 9.67. The van der Waals surface area contributed by atoms with E-state index in [0.717, 1.165) is 20.9 Å². The van der Waals surface area contributed by atoms with Gasteiger partial charge < -0.3 is 43.7 Å². The fraction of sp³-hybridized carbons (Fsp3) is 0.588. The van der Waals surface area contributed by atoms with E-state index in [1.54, 1.807) is 38.1 Å². The van der Waals surface area contributed by atoms with E-state index in [-0.39, 0.29) is 22.9 Å². The number of nitrogens with one attached hydrogen (secondary N) is 1. The van der Waals surface area contributed by atoms with Gasteiger partial charge in [-0.2, -0.15) is 0 Å². The first-order valence-electron chi connectivity index (χ1n) is 15.9. The lowest BCUT2D eigenvalue weighted by Crippen LogP contribution is -2.63.